The van der Waals surface area contributed by atoms with E-state index in [1.54, 1.807) is 36.2 Å². The highest BCUT2D eigenvalue weighted by Gasteiger charge is 2.52. The maximum Gasteiger partial charge on any atom is 0.232 e. The van der Waals surface area contributed by atoms with Gasteiger partial charge in [-0.1, -0.05) is 24.3 Å². The van der Waals surface area contributed by atoms with Crippen LogP contribution in [0.3, 0.4) is 0 Å². The van der Waals surface area contributed by atoms with Gasteiger partial charge in [0.1, 0.15) is 11.6 Å². The Morgan fingerprint density at radius 2 is 1.52 bits per heavy atom. The second-order valence-corrected chi connectivity index (χ2v) is 6.19. The molecule has 2 aromatic rings. The van der Waals surface area contributed by atoms with Crippen LogP contribution < -0.4 is 0 Å². The second-order valence-electron chi connectivity index (χ2n) is 6.19. The number of rotatable bonds is 5. The summed E-state index contributed by atoms with van der Waals surface area (Å²) < 4.78 is 26.0. The van der Waals surface area contributed by atoms with Crippen molar-refractivity contribution in [3.05, 3.63) is 71.3 Å². The van der Waals surface area contributed by atoms with E-state index < -0.39 is 5.41 Å². The smallest absolute Gasteiger partial charge is 0.232 e. The van der Waals surface area contributed by atoms with Crippen molar-refractivity contribution in [1.29, 1.82) is 0 Å². The molecule has 1 saturated carbocycles. The lowest BCUT2D eigenvalue weighted by atomic mass is 9.94. The van der Waals surface area contributed by atoms with Crippen LogP contribution in [0.1, 0.15) is 24.0 Å². The quantitative estimate of drug-likeness (QED) is 0.824. The lowest BCUT2D eigenvalue weighted by molar-refractivity contribution is -0.132. The summed E-state index contributed by atoms with van der Waals surface area (Å²) in [6.07, 6.45) is 2.29. The zero-order valence-electron chi connectivity index (χ0n) is 13.1. The first-order valence-corrected chi connectivity index (χ1v) is 7.77. The first-order chi connectivity index (χ1) is 11.0. The number of hydrogen-bond acceptors (Lipinski definition) is 1. The number of halogens is 2. The van der Waals surface area contributed by atoms with Gasteiger partial charge < -0.3 is 4.90 Å². The minimum Gasteiger partial charge on any atom is -0.345 e. The standard InChI is InChI=1S/C19H19F2NO/c1-22(13-10-14-2-6-16(20)7-3-14)18(23)19(11-12-19)15-4-8-17(21)9-5-15/h2-9H,10-13H2,1H3. The van der Waals surface area contributed by atoms with Crippen LogP contribution >= 0.6 is 0 Å². The van der Waals surface area contributed by atoms with Crippen molar-refractivity contribution < 1.29 is 13.6 Å². The third-order valence-electron chi connectivity index (χ3n) is 4.55. The molecule has 0 radical (unpaired) electrons. The van der Waals surface area contributed by atoms with Gasteiger partial charge in [-0.25, -0.2) is 8.78 Å². The van der Waals surface area contributed by atoms with Gasteiger partial charge in [-0.05, 0) is 54.7 Å². The summed E-state index contributed by atoms with van der Waals surface area (Å²) >= 11 is 0. The average molecular weight is 315 g/mol. The van der Waals surface area contributed by atoms with Gasteiger partial charge in [-0.2, -0.15) is 0 Å². The normalized spacial score (nSPS) is 15.3. The molecular weight excluding hydrogens is 296 g/mol. The molecule has 4 heteroatoms. The van der Waals surface area contributed by atoms with Crippen molar-refractivity contribution in [2.24, 2.45) is 0 Å². The van der Waals surface area contributed by atoms with E-state index in [9.17, 15) is 13.6 Å². The number of likely N-dealkylation sites (N-methyl/N-ethyl adjacent to an activating group) is 1. The maximum atomic E-state index is 13.1. The van der Waals surface area contributed by atoms with Crippen LogP contribution in [0.5, 0.6) is 0 Å². The van der Waals surface area contributed by atoms with Gasteiger partial charge in [0.15, 0.2) is 0 Å². The third-order valence-corrected chi connectivity index (χ3v) is 4.55. The van der Waals surface area contributed by atoms with Crippen molar-refractivity contribution in [3.63, 3.8) is 0 Å². The molecule has 2 aromatic carbocycles. The van der Waals surface area contributed by atoms with E-state index in [0.717, 1.165) is 24.0 Å². The van der Waals surface area contributed by atoms with Gasteiger partial charge in [0.2, 0.25) is 5.91 Å². The summed E-state index contributed by atoms with van der Waals surface area (Å²) in [7, 11) is 1.79. The Bertz CT molecular complexity index is 690. The molecule has 0 aliphatic heterocycles. The largest absolute Gasteiger partial charge is 0.345 e. The lowest BCUT2D eigenvalue weighted by Crippen LogP contribution is -2.37. The molecule has 23 heavy (non-hydrogen) atoms. The Hall–Kier alpha value is -2.23. The van der Waals surface area contributed by atoms with Crippen LogP contribution in [0, 0.1) is 11.6 Å². The molecule has 0 N–H and O–H groups in total. The van der Waals surface area contributed by atoms with Crippen LogP contribution in [-0.4, -0.2) is 24.4 Å². The number of hydrogen-bond donors (Lipinski definition) is 0. The zero-order chi connectivity index (χ0) is 16.4. The van der Waals surface area contributed by atoms with Crippen molar-refractivity contribution >= 4 is 5.91 Å². The molecule has 0 aromatic heterocycles. The fourth-order valence-corrected chi connectivity index (χ4v) is 2.93. The molecule has 1 fully saturated rings. The van der Waals surface area contributed by atoms with Crippen molar-refractivity contribution in [3.8, 4) is 0 Å². The van der Waals surface area contributed by atoms with Crippen molar-refractivity contribution in [1.82, 2.24) is 4.90 Å². The number of carbonyl (C=O) groups is 1. The SMILES string of the molecule is CN(CCc1ccc(F)cc1)C(=O)C1(c2ccc(F)cc2)CC1. The highest BCUT2D eigenvalue weighted by atomic mass is 19.1. The van der Waals surface area contributed by atoms with E-state index in [4.69, 9.17) is 0 Å². The summed E-state index contributed by atoms with van der Waals surface area (Å²) in [6, 6.07) is 12.5. The topological polar surface area (TPSA) is 20.3 Å². The third kappa shape index (κ3) is 3.26. The molecule has 1 amide bonds. The van der Waals surface area contributed by atoms with Gasteiger partial charge in [0.05, 0.1) is 5.41 Å². The van der Waals surface area contributed by atoms with Gasteiger partial charge in [0, 0.05) is 13.6 Å². The molecular formula is C19H19F2NO. The van der Waals surface area contributed by atoms with Gasteiger partial charge >= 0.3 is 0 Å². The van der Waals surface area contributed by atoms with E-state index in [2.05, 4.69) is 0 Å². The fourth-order valence-electron chi connectivity index (χ4n) is 2.93. The van der Waals surface area contributed by atoms with E-state index in [1.165, 1.54) is 24.3 Å². The molecule has 1 aliphatic rings. The number of carbonyl (C=O) groups excluding carboxylic acids is 1. The highest BCUT2D eigenvalue weighted by Crippen LogP contribution is 2.49. The predicted molar refractivity (Wildman–Crippen MR) is 85.1 cm³/mol. The molecule has 0 spiro atoms. The minimum absolute atomic E-state index is 0.0752. The van der Waals surface area contributed by atoms with Crippen molar-refractivity contribution in [2.45, 2.75) is 24.7 Å². The molecule has 1 aliphatic carbocycles. The lowest BCUT2D eigenvalue weighted by Gasteiger charge is -2.24. The Kier molecular flexibility index (Phi) is 4.16. The monoisotopic (exact) mass is 315 g/mol. The highest BCUT2D eigenvalue weighted by molar-refractivity contribution is 5.91. The van der Waals surface area contributed by atoms with Crippen LogP contribution in [-0.2, 0) is 16.6 Å². The Morgan fingerprint density at radius 3 is 2.04 bits per heavy atom. The average Bonchev–Trinajstić information content (AvgIpc) is 3.36. The van der Waals surface area contributed by atoms with Crippen LogP contribution in [0.15, 0.2) is 48.5 Å². The number of benzene rings is 2. The van der Waals surface area contributed by atoms with Gasteiger partial charge in [-0.3, -0.25) is 4.79 Å². The van der Waals surface area contributed by atoms with Crippen LogP contribution in [0.2, 0.25) is 0 Å². The van der Waals surface area contributed by atoms with Crippen molar-refractivity contribution in [2.75, 3.05) is 13.6 Å². The van der Waals surface area contributed by atoms with E-state index >= 15 is 0 Å². The molecule has 2 nitrogen and oxygen atoms in total. The number of amides is 1. The second kappa shape index (κ2) is 6.11. The molecule has 0 saturated heterocycles. The van der Waals surface area contributed by atoms with E-state index in [-0.39, 0.29) is 17.5 Å². The molecule has 3 rings (SSSR count). The molecule has 0 unspecified atom stereocenters. The summed E-state index contributed by atoms with van der Waals surface area (Å²) in [5, 5.41) is 0. The summed E-state index contributed by atoms with van der Waals surface area (Å²) in [5.74, 6) is -0.473. The summed E-state index contributed by atoms with van der Waals surface area (Å²) in [6.45, 7) is 0.577. The first kappa shape index (κ1) is 15.7. The fraction of sp³-hybridized carbons (Fsp3) is 0.316. The van der Waals surface area contributed by atoms with Gasteiger partial charge in [-0.15, -0.1) is 0 Å². The van der Waals surface area contributed by atoms with Gasteiger partial charge in [0.25, 0.3) is 0 Å². The minimum atomic E-state index is -0.481. The van der Waals surface area contributed by atoms with E-state index in [0.29, 0.717) is 13.0 Å². The zero-order valence-corrected chi connectivity index (χ0v) is 13.1. The molecule has 0 bridgehead atoms. The molecule has 0 atom stereocenters. The van der Waals surface area contributed by atoms with Crippen LogP contribution in [0.25, 0.3) is 0 Å². The Morgan fingerprint density at radius 1 is 1.00 bits per heavy atom. The van der Waals surface area contributed by atoms with Crippen LogP contribution in [0.4, 0.5) is 8.78 Å². The van der Waals surface area contributed by atoms with E-state index in [1.807, 2.05) is 0 Å². The summed E-state index contributed by atoms with van der Waals surface area (Å²) in [5.41, 5.74) is 1.40. The number of nitrogens with zero attached hydrogens (tertiary/aromatic N) is 1. The molecule has 0 heterocycles. The summed E-state index contributed by atoms with van der Waals surface area (Å²) in [4.78, 5) is 14.5. The predicted octanol–water partition coefficient (Wildman–Crippen LogP) is 3.70. The first-order valence-electron chi connectivity index (χ1n) is 7.77. The maximum absolute atomic E-state index is 13.1. The Labute approximate surface area is 134 Å². The Balaban J connectivity index is 1.65. The molecule has 120 valence electrons.